The molecule has 0 aliphatic carbocycles. The molecule has 0 saturated carbocycles. The van der Waals surface area contributed by atoms with Gasteiger partial charge in [-0.25, -0.2) is 0 Å². The smallest absolute Gasteiger partial charge is 0.224 e. The van der Waals surface area contributed by atoms with Crippen molar-refractivity contribution in [1.29, 1.82) is 0 Å². The molecule has 0 aromatic heterocycles. The van der Waals surface area contributed by atoms with Crippen LogP contribution in [0.25, 0.3) is 0 Å². The number of benzene rings is 1. The van der Waals surface area contributed by atoms with Crippen molar-refractivity contribution in [2.24, 2.45) is 0 Å². The Labute approximate surface area is 126 Å². The molecule has 0 radical (unpaired) electrons. The number of carbonyl (C=O) groups is 1. The molecule has 114 valence electrons. The number of carbonyl (C=O) groups excluding carboxylic acids is 1. The molecule has 2 aliphatic rings. The normalized spacial score (nSPS) is 25.0. The first kappa shape index (κ1) is 14.4. The van der Waals surface area contributed by atoms with Gasteiger partial charge >= 0.3 is 0 Å². The zero-order valence-electron chi connectivity index (χ0n) is 12.5. The molecule has 0 spiro atoms. The molecule has 2 saturated heterocycles. The quantitative estimate of drug-likeness (QED) is 0.816. The Bertz CT molecular complexity index is 463. The van der Waals surface area contributed by atoms with E-state index in [4.69, 9.17) is 4.74 Å². The summed E-state index contributed by atoms with van der Waals surface area (Å²) in [7, 11) is 0. The first-order valence-electron chi connectivity index (χ1n) is 8.03. The molecule has 2 aliphatic heterocycles. The Morgan fingerprint density at radius 1 is 1.14 bits per heavy atom. The number of nitrogens with zero attached hydrogens (tertiary/aromatic N) is 1. The van der Waals surface area contributed by atoms with Gasteiger partial charge in [0, 0.05) is 31.6 Å². The van der Waals surface area contributed by atoms with Crippen molar-refractivity contribution >= 4 is 5.91 Å². The lowest BCUT2D eigenvalue weighted by Crippen LogP contribution is -2.38. The molecular formula is C17H24N2O2. The van der Waals surface area contributed by atoms with Crippen LogP contribution in [0.4, 0.5) is 0 Å². The third kappa shape index (κ3) is 3.97. The zero-order chi connectivity index (χ0) is 14.5. The van der Waals surface area contributed by atoms with E-state index in [2.05, 4.69) is 5.32 Å². The molecule has 21 heavy (non-hydrogen) atoms. The summed E-state index contributed by atoms with van der Waals surface area (Å²) in [5.41, 5.74) is 0. The van der Waals surface area contributed by atoms with Crippen LogP contribution in [-0.2, 0) is 4.79 Å². The summed E-state index contributed by atoms with van der Waals surface area (Å²) < 4.78 is 5.68. The molecular weight excluding hydrogens is 264 g/mol. The molecule has 1 aromatic carbocycles. The maximum absolute atomic E-state index is 12.1. The van der Waals surface area contributed by atoms with Gasteiger partial charge in [-0.05, 0) is 37.8 Å². The van der Waals surface area contributed by atoms with Crippen LogP contribution in [0.5, 0.6) is 5.75 Å². The summed E-state index contributed by atoms with van der Waals surface area (Å²) >= 11 is 0. The van der Waals surface area contributed by atoms with Crippen molar-refractivity contribution in [3.8, 4) is 5.75 Å². The van der Waals surface area contributed by atoms with Crippen molar-refractivity contribution < 1.29 is 9.53 Å². The van der Waals surface area contributed by atoms with E-state index in [-0.39, 0.29) is 0 Å². The molecule has 2 atom stereocenters. The number of fused-ring (bicyclic) bond motifs is 2. The average molecular weight is 288 g/mol. The highest BCUT2D eigenvalue weighted by molar-refractivity contribution is 5.77. The number of likely N-dealkylation sites (tertiary alicyclic amines) is 1. The van der Waals surface area contributed by atoms with Crippen LogP contribution in [-0.4, -0.2) is 42.6 Å². The summed E-state index contributed by atoms with van der Waals surface area (Å²) in [6.45, 7) is 2.47. The Kier molecular flexibility index (Phi) is 4.76. The fourth-order valence-electron chi connectivity index (χ4n) is 3.24. The van der Waals surface area contributed by atoms with Crippen LogP contribution in [0.1, 0.15) is 32.1 Å². The monoisotopic (exact) mass is 288 g/mol. The number of hydrogen-bond donors (Lipinski definition) is 1. The van der Waals surface area contributed by atoms with E-state index in [1.165, 1.54) is 6.42 Å². The maximum atomic E-state index is 12.1. The number of para-hydroxylation sites is 1. The van der Waals surface area contributed by atoms with Gasteiger partial charge in [-0.2, -0.15) is 0 Å². The van der Waals surface area contributed by atoms with Crippen molar-refractivity contribution in [2.45, 2.75) is 44.2 Å². The van der Waals surface area contributed by atoms with E-state index in [1.54, 1.807) is 0 Å². The second-order valence-electron chi connectivity index (χ2n) is 6.05. The van der Waals surface area contributed by atoms with Gasteiger partial charge in [-0.3, -0.25) is 4.79 Å². The minimum absolute atomic E-state index is 0.318. The molecule has 4 heteroatoms. The number of rotatable bonds is 6. The molecule has 1 aromatic rings. The fourth-order valence-corrected chi connectivity index (χ4v) is 3.24. The van der Waals surface area contributed by atoms with Crippen molar-refractivity contribution in [2.75, 3.05) is 19.7 Å². The topological polar surface area (TPSA) is 41.6 Å². The molecule has 3 rings (SSSR count). The Balaban J connectivity index is 1.36. The predicted molar refractivity (Wildman–Crippen MR) is 82.3 cm³/mol. The Morgan fingerprint density at radius 3 is 2.81 bits per heavy atom. The molecule has 1 amide bonds. The van der Waals surface area contributed by atoms with Gasteiger partial charge < -0.3 is 15.0 Å². The van der Waals surface area contributed by atoms with Crippen LogP contribution in [0.3, 0.4) is 0 Å². The van der Waals surface area contributed by atoms with E-state index in [0.29, 0.717) is 24.4 Å². The maximum Gasteiger partial charge on any atom is 0.224 e. The minimum Gasteiger partial charge on any atom is -0.494 e. The minimum atomic E-state index is 0.318. The van der Waals surface area contributed by atoms with E-state index in [9.17, 15) is 4.79 Å². The lowest BCUT2D eigenvalue weighted by atomic mass is 10.1. The highest BCUT2D eigenvalue weighted by atomic mass is 16.5. The molecule has 2 fully saturated rings. The summed E-state index contributed by atoms with van der Waals surface area (Å²) in [4.78, 5) is 14.2. The Morgan fingerprint density at radius 2 is 1.95 bits per heavy atom. The van der Waals surface area contributed by atoms with E-state index < -0.39 is 0 Å². The number of ether oxygens (including phenoxy) is 1. The summed E-state index contributed by atoms with van der Waals surface area (Å²) in [5.74, 6) is 1.24. The van der Waals surface area contributed by atoms with E-state index in [1.807, 2.05) is 35.2 Å². The summed E-state index contributed by atoms with van der Waals surface area (Å²) in [5, 5.41) is 3.55. The second-order valence-corrected chi connectivity index (χ2v) is 6.05. The predicted octanol–water partition coefficient (Wildman–Crippen LogP) is 2.20. The lowest BCUT2D eigenvalue weighted by molar-refractivity contribution is -0.131. The highest BCUT2D eigenvalue weighted by Gasteiger charge is 2.32. The number of nitrogens with one attached hydrogen (secondary N) is 1. The number of hydrogen-bond acceptors (Lipinski definition) is 3. The first-order valence-corrected chi connectivity index (χ1v) is 8.03. The van der Waals surface area contributed by atoms with Gasteiger partial charge in [0.1, 0.15) is 5.75 Å². The largest absolute Gasteiger partial charge is 0.494 e. The van der Waals surface area contributed by atoms with Crippen molar-refractivity contribution in [3.05, 3.63) is 30.3 Å². The van der Waals surface area contributed by atoms with Crippen LogP contribution in [0.2, 0.25) is 0 Å². The van der Waals surface area contributed by atoms with Crippen LogP contribution >= 0.6 is 0 Å². The van der Waals surface area contributed by atoms with Crippen LogP contribution in [0, 0.1) is 0 Å². The standard InChI is InChI=1S/C17H24N2O2/c20-17-12-14-8-9-15(18-14)13-19(17)10-4-5-11-21-16-6-2-1-3-7-16/h1-3,6-7,14-15,18H,4-5,8-13H2/t14-,15+/m0/s1. The van der Waals surface area contributed by atoms with E-state index >= 15 is 0 Å². The van der Waals surface area contributed by atoms with Gasteiger partial charge in [-0.1, -0.05) is 18.2 Å². The number of unbranched alkanes of at least 4 members (excludes halogenated alkanes) is 1. The SMILES string of the molecule is O=C1C[C@@H]2CC[C@H](CN1CCCCOc1ccccc1)N2. The Hall–Kier alpha value is -1.55. The van der Waals surface area contributed by atoms with Gasteiger partial charge in [0.2, 0.25) is 5.91 Å². The van der Waals surface area contributed by atoms with Crippen molar-refractivity contribution in [3.63, 3.8) is 0 Å². The summed E-state index contributed by atoms with van der Waals surface area (Å²) in [6, 6.07) is 10.8. The van der Waals surface area contributed by atoms with Gasteiger partial charge in [0.25, 0.3) is 0 Å². The molecule has 1 N–H and O–H groups in total. The third-order valence-corrected chi connectivity index (χ3v) is 4.38. The van der Waals surface area contributed by atoms with Crippen LogP contribution in [0.15, 0.2) is 30.3 Å². The molecule has 4 nitrogen and oxygen atoms in total. The highest BCUT2D eigenvalue weighted by Crippen LogP contribution is 2.21. The molecule has 2 bridgehead atoms. The van der Waals surface area contributed by atoms with Crippen molar-refractivity contribution in [1.82, 2.24) is 10.2 Å². The van der Waals surface area contributed by atoms with Gasteiger partial charge in [0.05, 0.1) is 6.61 Å². The van der Waals surface area contributed by atoms with E-state index in [0.717, 1.165) is 44.7 Å². The third-order valence-electron chi connectivity index (χ3n) is 4.38. The molecule has 2 heterocycles. The zero-order valence-corrected chi connectivity index (χ0v) is 12.5. The van der Waals surface area contributed by atoms with Gasteiger partial charge in [-0.15, -0.1) is 0 Å². The average Bonchev–Trinajstić information content (AvgIpc) is 2.86. The lowest BCUT2D eigenvalue weighted by Gasteiger charge is -2.24. The van der Waals surface area contributed by atoms with Gasteiger partial charge in [0.15, 0.2) is 0 Å². The van der Waals surface area contributed by atoms with Crippen LogP contribution < -0.4 is 10.1 Å². The molecule has 0 unspecified atom stereocenters. The second kappa shape index (κ2) is 6.94. The summed E-state index contributed by atoms with van der Waals surface area (Å²) in [6.07, 6.45) is 5.05. The first-order chi connectivity index (χ1) is 10.3. The fraction of sp³-hybridized carbons (Fsp3) is 0.588. The number of amides is 1.